The Hall–Kier alpha value is -0.900. The van der Waals surface area contributed by atoms with Crippen LogP contribution >= 0.6 is 0 Å². The molecule has 0 N–H and O–H groups in total. The van der Waals surface area contributed by atoms with Crippen molar-refractivity contribution < 1.29 is 14.4 Å². The smallest absolute Gasteiger partial charge is 0.263 e. The summed E-state index contributed by atoms with van der Waals surface area (Å²) in [6.07, 6.45) is -0.000000000000000222. The first kappa shape index (κ1) is 6.22. The number of amides is 2. The molecule has 1 rings (SSSR count). The van der Waals surface area contributed by atoms with Crippen molar-refractivity contribution in [1.82, 2.24) is 5.06 Å². The van der Waals surface area contributed by atoms with E-state index < -0.39 is 0 Å². The number of hydrogen-bond donors (Lipinski definition) is 0. The fourth-order valence-electron chi connectivity index (χ4n) is 0.594. The van der Waals surface area contributed by atoms with Gasteiger partial charge in [0.1, 0.15) is 6.42 Å². The van der Waals surface area contributed by atoms with E-state index >= 15 is 0 Å². The van der Waals surface area contributed by atoms with Crippen molar-refractivity contribution >= 4 is 11.8 Å². The van der Waals surface area contributed by atoms with E-state index in [9.17, 15) is 9.59 Å². The van der Waals surface area contributed by atoms with Crippen LogP contribution in [0.25, 0.3) is 0 Å². The van der Waals surface area contributed by atoms with Gasteiger partial charge in [-0.05, 0) is 6.92 Å². The number of hydroxylamine groups is 2. The van der Waals surface area contributed by atoms with Crippen molar-refractivity contribution in [2.45, 2.75) is 13.3 Å². The molecule has 0 atom stereocenters. The maximum Gasteiger partial charge on any atom is 0.263 e. The average molecular weight is 129 g/mol. The minimum absolute atomic E-state index is 0.000000000000000222. The molecule has 0 saturated carbocycles. The van der Waals surface area contributed by atoms with E-state index in [1.165, 1.54) is 0 Å². The lowest BCUT2D eigenvalue weighted by molar-refractivity contribution is -0.209. The first-order valence-corrected chi connectivity index (χ1v) is 2.74. The SMILES string of the molecule is CCON1C(=O)CC1=O. The molecule has 0 unspecified atom stereocenters. The number of rotatable bonds is 2. The molecule has 4 nitrogen and oxygen atoms in total. The van der Waals surface area contributed by atoms with Crippen LogP contribution in [-0.4, -0.2) is 23.5 Å². The van der Waals surface area contributed by atoms with E-state index in [1.807, 2.05) is 0 Å². The molecule has 1 heterocycles. The minimum atomic E-state index is -0.248. The lowest BCUT2D eigenvalue weighted by Crippen LogP contribution is -2.48. The van der Waals surface area contributed by atoms with Crippen molar-refractivity contribution in [2.75, 3.05) is 6.61 Å². The molecule has 1 fully saturated rings. The molecule has 1 aliphatic rings. The molecular formula is C5H7NO3. The predicted molar refractivity (Wildman–Crippen MR) is 28.1 cm³/mol. The van der Waals surface area contributed by atoms with Gasteiger partial charge in [-0.2, -0.15) is 5.06 Å². The van der Waals surface area contributed by atoms with Gasteiger partial charge in [-0.15, -0.1) is 0 Å². The Balaban J connectivity index is 2.39. The standard InChI is InChI=1S/C5H7NO3/c1-2-9-6-4(7)3-5(6)8/h2-3H2,1H3. The molecule has 1 saturated heterocycles. The van der Waals surface area contributed by atoms with Crippen LogP contribution in [0.4, 0.5) is 0 Å². The third-order valence-corrected chi connectivity index (χ3v) is 1.01. The van der Waals surface area contributed by atoms with E-state index in [0.717, 1.165) is 5.06 Å². The van der Waals surface area contributed by atoms with Crippen LogP contribution in [-0.2, 0) is 14.4 Å². The summed E-state index contributed by atoms with van der Waals surface area (Å²) >= 11 is 0. The molecular weight excluding hydrogens is 122 g/mol. The number of nitrogens with zero attached hydrogens (tertiary/aromatic N) is 1. The fourth-order valence-corrected chi connectivity index (χ4v) is 0.594. The van der Waals surface area contributed by atoms with E-state index in [1.54, 1.807) is 6.92 Å². The van der Waals surface area contributed by atoms with Gasteiger partial charge in [-0.25, -0.2) is 0 Å². The average Bonchev–Trinajstić information content (AvgIpc) is 1.84. The van der Waals surface area contributed by atoms with E-state index in [-0.39, 0.29) is 18.2 Å². The van der Waals surface area contributed by atoms with Gasteiger partial charge in [0.15, 0.2) is 0 Å². The zero-order valence-electron chi connectivity index (χ0n) is 5.09. The van der Waals surface area contributed by atoms with Crippen LogP contribution in [0.5, 0.6) is 0 Å². The predicted octanol–water partition coefficient (Wildman–Crippen LogP) is -0.303. The number of β-lactam (4-membered cyclic amide) rings is 2. The second kappa shape index (κ2) is 2.14. The van der Waals surface area contributed by atoms with Gasteiger partial charge in [-0.3, -0.25) is 14.4 Å². The molecule has 0 spiro atoms. The van der Waals surface area contributed by atoms with Gasteiger partial charge < -0.3 is 0 Å². The van der Waals surface area contributed by atoms with Crippen molar-refractivity contribution in [3.63, 3.8) is 0 Å². The molecule has 0 aliphatic carbocycles. The van der Waals surface area contributed by atoms with Crippen LogP contribution < -0.4 is 0 Å². The summed E-state index contributed by atoms with van der Waals surface area (Å²) in [5.41, 5.74) is 0. The summed E-state index contributed by atoms with van der Waals surface area (Å²) in [4.78, 5) is 25.5. The number of hydrogen-bond acceptors (Lipinski definition) is 3. The fraction of sp³-hybridized carbons (Fsp3) is 0.600. The summed E-state index contributed by atoms with van der Waals surface area (Å²) in [7, 11) is 0. The second-order valence-electron chi connectivity index (χ2n) is 1.68. The highest BCUT2D eigenvalue weighted by atomic mass is 16.7. The van der Waals surface area contributed by atoms with Crippen LogP contribution in [0.1, 0.15) is 13.3 Å². The van der Waals surface area contributed by atoms with Gasteiger partial charge in [-0.1, -0.05) is 0 Å². The summed E-state index contributed by atoms with van der Waals surface area (Å²) < 4.78 is 0. The first-order chi connectivity index (χ1) is 4.25. The van der Waals surface area contributed by atoms with Gasteiger partial charge in [0.25, 0.3) is 11.8 Å². The van der Waals surface area contributed by atoms with Gasteiger partial charge in [0.2, 0.25) is 0 Å². The quantitative estimate of drug-likeness (QED) is 0.379. The van der Waals surface area contributed by atoms with Crippen molar-refractivity contribution in [3.05, 3.63) is 0 Å². The Morgan fingerprint density at radius 2 is 2.11 bits per heavy atom. The topological polar surface area (TPSA) is 46.6 Å². The Labute approximate surface area is 52.3 Å². The highest BCUT2D eigenvalue weighted by Gasteiger charge is 2.35. The molecule has 0 bridgehead atoms. The monoisotopic (exact) mass is 129 g/mol. The molecule has 0 aromatic heterocycles. The van der Waals surface area contributed by atoms with Gasteiger partial charge in [0, 0.05) is 0 Å². The summed E-state index contributed by atoms with van der Waals surface area (Å²) in [5.74, 6) is -0.497. The Kier molecular flexibility index (Phi) is 1.48. The maximum absolute atomic E-state index is 10.4. The Bertz CT molecular complexity index is 140. The summed E-state index contributed by atoms with van der Waals surface area (Å²) in [5, 5.41) is 0.792. The summed E-state index contributed by atoms with van der Waals surface area (Å²) in [6.45, 7) is 2.08. The lowest BCUT2D eigenvalue weighted by Gasteiger charge is -2.25. The molecule has 1 aliphatic heterocycles. The molecule has 0 aromatic carbocycles. The summed E-state index contributed by atoms with van der Waals surface area (Å²) in [6, 6.07) is 0. The first-order valence-electron chi connectivity index (χ1n) is 2.74. The largest absolute Gasteiger partial charge is 0.271 e. The molecule has 2 amide bonds. The molecule has 9 heavy (non-hydrogen) atoms. The minimum Gasteiger partial charge on any atom is -0.271 e. The van der Waals surface area contributed by atoms with Crippen LogP contribution in [0, 0.1) is 0 Å². The molecule has 50 valence electrons. The van der Waals surface area contributed by atoms with Crippen molar-refractivity contribution in [3.8, 4) is 0 Å². The maximum atomic E-state index is 10.4. The number of carbonyl (C=O) groups excluding carboxylic acids is 2. The molecule has 0 radical (unpaired) electrons. The highest BCUT2D eigenvalue weighted by Crippen LogP contribution is 2.10. The molecule has 4 heteroatoms. The van der Waals surface area contributed by atoms with E-state index in [2.05, 4.69) is 4.84 Å². The van der Waals surface area contributed by atoms with Crippen LogP contribution in [0.3, 0.4) is 0 Å². The lowest BCUT2D eigenvalue weighted by atomic mass is 10.2. The van der Waals surface area contributed by atoms with Gasteiger partial charge >= 0.3 is 0 Å². The highest BCUT2D eigenvalue weighted by molar-refractivity contribution is 6.13. The Morgan fingerprint density at radius 1 is 1.56 bits per heavy atom. The molecule has 0 aromatic rings. The number of carbonyl (C=O) groups is 2. The zero-order valence-corrected chi connectivity index (χ0v) is 5.09. The van der Waals surface area contributed by atoms with Crippen molar-refractivity contribution in [2.24, 2.45) is 0 Å². The van der Waals surface area contributed by atoms with Crippen LogP contribution in [0.2, 0.25) is 0 Å². The third kappa shape index (κ3) is 0.929. The van der Waals surface area contributed by atoms with E-state index in [4.69, 9.17) is 0 Å². The van der Waals surface area contributed by atoms with Crippen molar-refractivity contribution in [1.29, 1.82) is 0 Å². The zero-order chi connectivity index (χ0) is 6.85. The van der Waals surface area contributed by atoms with E-state index in [0.29, 0.717) is 6.61 Å². The second-order valence-corrected chi connectivity index (χ2v) is 1.68. The number of imide groups is 1. The third-order valence-electron chi connectivity index (χ3n) is 1.01. The van der Waals surface area contributed by atoms with Gasteiger partial charge in [0.05, 0.1) is 6.61 Å². The normalized spacial score (nSPS) is 18.1. The van der Waals surface area contributed by atoms with Crippen LogP contribution in [0.15, 0.2) is 0 Å². The Morgan fingerprint density at radius 3 is 2.33 bits per heavy atom.